The zero-order valence-electron chi connectivity index (χ0n) is 68.2. The van der Waals surface area contributed by atoms with E-state index in [1.807, 2.05) is 151 Å². The fraction of sp³-hybridized carbons (Fsp3) is 0.276. The molecule has 0 radical (unpaired) electrons. The van der Waals surface area contributed by atoms with Crippen molar-refractivity contribution in [1.82, 2.24) is 44.3 Å². The number of benzene rings is 6. The van der Waals surface area contributed by atoms with Crippen LogP contribution in [-0.4, -0.2) is 130 Å². The summed E-state index contributed by atoms with van der Waals surface area (Å²) in [5.41, 5.74) is 18.1. The zero-order valence-corrected chi connectivity index (χ0v) is 72.9. The maximum absolute atomic E-state index is 13.5. The third-order valence-corrected chi connectivity index (χ3v) is 25.5. The molecule has 3 N–H and O–H groups in total. The Bertz CT molecular complexity index is 6350. The predicted molar refractivity (Wildman–Crippen MR) is 469 cm³/mol. The Morgan fingerprint density at radius 1 is 0.455 bits per heavy atom. The summed E-state index contributed by atoms with van der Waals surface area (Å²) in [6, 6.07) is 37.2. The van der Waals surface area contributed by atoms with Crippen LogP contribution in [0.15, 0.2) is 158 Å². The van der Waals surface area contributed by atoms with Gasteiger partial charge in [0.2, 0.25) is 17.7 Å². The highest BCUT2D eigenvalue weighted by Gasteiger charge is 2.38. The minimum absolute atomic E-state index is 0.00468. The monoisotopic (exact) mass is 1770 g/mol. The van der Waals surface area contributed by atoms with E-state index in [9.17, 15) is 23.2 Å². The van der Waals surface area contributed by atoms with E-state index < -0.39 is 24.7 Å². The summed E-state index contributed by atoms with van der Waals surface area (Å²) in [4.78, 5) is 73.6. The molecule has 0 fully saturated rings. The van der Waals surface area contributed by atoms with E-state index in [4.69, 9.17) is 78.4 Å². The van der Waals surface area contributed by atoms with Crippen LogP contribution in [0.3, 0.4) is 0 Å². The number of carbonyl (C=O) groups is 3. The zero-order chi connectivity index (χ0) is 86.2. The van der Waals surface area contributed by atoms with Crippen LogP contribution in [0.4, 0.5) is 25.8 Å². The molecule has 630 valence electrons. The molecule has 0 saturated carbocycles. The van der Waals surface area contributed by atoms with E-state index in [-0.39, 0.29) is 49.5 Å². The van der Waals surface area contributed by atoms with Crippen molar-refractivity contribution in [2.24, 2.45) is 30.4 Å². The van der Waals surface area contributed by atoms with Gasteiger partial charge in [-0.1, -0.05) is 71.2 Å². The molecule has 3 atom stereocenters. The Labute approximate surface area is 731 Å². The number of aryl methyl sites for hydroxylation is 6. The number of nitrogens with one attached hydrogen (secondary N) is 3. The van der Waals surface area contributed by atoms with Gasteiger partial charge in [-0.25, -0.2) is 0 Å². The van der Waals surface area contributed by atoms with Crippen molar-refractivity contribution in [3.05, 3.63) is 275 Å². The van der Waals surface area contributed by atoms with Crippen LogP contribution in [0, 0.1) is 62.3 Å². The molecule has 123 heavy (non-hydrogen) atoms. The number of methoxy groups -OCH3 is 1. The van der Waals surface area contributed by atoms with E-state index >= 15 is 0 Å². The SMILES string of the molecule is CCO/N=C1\OCc2cc(NC(=O)C[C@@H]3N=C(c4ccc(Cl)cc4)c4c(sc(C)c4C)-n4c(C)nnc43)ccc21.COCCO/N=C1\OCc2cc(NC(=O)C[C@@H]3N=C(c4ccc(Cl)cc4)c4c(sc(C)c4C)-n4c(C)nnc43)ccc21.Cc1sc2c(c1C)C(c1ccc(Cl)cc1)=N[C@@H](CC(=O)Nc1ccc3c(c1)CO/C3=N\OC(F)F)c1nnc(C)n1-2. The Hall–Kier alpha value is -12.2. The lowest BCUT2D eigenvalue weighted by molar-refractivity contribution is -0.129. The number of fused-ring (bicyclic) bond motifs is 12. The van der Waals surface area contributed by atoms with Gasteiger partial charge in [0.1, 0.15) is 83.6 Å². The van der Waals surface area contributed by atoms with Crippen LogP contribution in [0.25, 0.3) is 15.0 Å². The maximum Gasteiger partial charge on any atom is 0.408 e. The van der Waals surface area contributed by atoms with E-state index in [2.05, 4.69) is 108 Å². The first-order chi connectivity index (χ1) is 59.4. The first kappa shape index (κ1) is 84.4. The molecule has 18 rings (SSSR count). The maximum atomic E-state index is 13.5. The van der Waals surface area contributed by atoms with Gasteiger partial charge >= 0.3 is 6.61 Å². The Morgan fingerprint density at radius 3 is 1.08 bits per heavy atom. The number of nitrogens with zero attached hydrogens (tertiary/aromatic N) is 15. The molecule has 0 spiro atoms. The molecule has 0 saturated heterocycles. The van der Waals surface area contributed by atoms with Gasteiger partial charge in [-0.3, -0.25) is 43.1 Å². The van der Waals surface area contributed by atoms with Gasteiger partial charge in [-0.05, 0) is 192 Å². The number of hydrogen-bond acceptors (Lipinski definition) is 25. The Balaban J connectivity index is 0.000000137. The van der Waals surface area contributed by atoms with E-state index in [0.717, 1.165) is 121 Å². The number of thiophene rings is 3. The number of rotatable bonds is 20. The second kappa shape index (κ2) is 36.1. The number of oxime groups is 3. The second-order valence-electron chi connectivity index (χ2n) is 29.3. The van der Waals surface area contributed by atoms with E-state index in [1.165, 1.54) is 9.75 Å². The van der Waals surface area contributed by atoms with E-state index in [1.54, 1.807) is 59.3 Å². The highest BCUT2D eigenvalue weighted by atomic mass is 35.5. The summed E-state index contributed by atoms with van der Waals surface area (Å²) in [5, 5.41) is 51.7. The number of carbonyl (C=O) groups excluding carboxylic acids is 3. The minimum Gasteiger partial charge on any atom is -0.470 e. The topological polar surface area (TPSA) is 318 Å². The average molecular weight is 1780 g/mol. The molecule has 12 heterocycles. The molecule has 0 aliphatic carbocycles. The van der Waals surface area contributed by atoms with Gasteiger partial charge in [0.25, 0.3) is 17.7 Å². The molecule has 36 heteroatoms. The number of halogens is 5. The Kier molecular flexibility index (Phi) is 24.7. The lowest BCUT2D eigenvalue weighted by atomic mass is 9.99. The molecule has 6 aliphatic rings. The van der Waals surface area contributed by atoms with Crippen LogP contribution in [0.1, 0.15) is 177 Å². The molecule has 12 aromatic rings. The van der Waals surface area contributed by atoms with Crippen molar-refractivity contribution < 1.29 is 56.6 Å². The van der Waals surface area contributed by atoms with Gasteiger partial charge in [0.05, 0.1) is 43.0 Å². The highest BCUT2D eigenvalue weighted by molar-refractivity contribution is 7.16. The third-order valence-electron chi connectivity index (χ3n) is 21.2. The number of aliphatic imine (C=N–C) groups is 3. The number of hydrogen-bond donors (Lipinski definition) is 3. The summed E-state index contributed by atoms with van der Waals surface area (Å²) in [6.45, 7) is 19.1. The summed E-state index contributed by atoms with van der Waals surface area (Å²) < 4.78 is 52.4. The summed E-state index contributed by atoms with van der Waals surface area (Å²) >= 11 is 23.6. The smallest absolute Gasteiger partial charge is 0.408 e. The van der Waals surface area contributed by atoms with Gasteiger partial charge in [0, 0.05) is 121 Å². The van der Waals surface area contributed by atoms with Crippen molar-refractivity contribution in [1.29, 1.82) is 0 Å². The molecule has 6 aromatic carbocycles. The van der Waals surface area contributed by atoms with Gasteiger partial charge in [0.15, 0.2) is 17.5 Å². The molecular formula is C87H79Cl3F2N18O10S3. The summed E-state index contributed by atoms with van der Waals surface area (Å²) in [6.07, 6.45) is 0.174. The molecular weight excluding hydrogens is 1700 g/mol. The van der Waals surface area contributed by atoms with Crippen LogP contribution >= 0.6 is 68.8 Å². The molecule has 6 aliphatic heterocycles. The number of alkyl halides is 2. The highest BCUT2D eigenvalue weighted by Crippen LogP contribution is 2.45. The molecule has 3 amide bonds. The Morgan fingerprint density at radius 2 is 0.772 bits per heavy atom. The van der Waals surface area contributed by atoms with Crippen molar-refractivity contribution in [2.75, 3.05) is 42.9 Å². The molecule has 0 bridgehead atoms. The van der Waals surface area contributed by atoms with E-state index in [0.29, 0.717) is 111 Å². The third kappa shape index (κ3) is 17.5. The quantitative estimate of drug-likeness (QED) is 0.0471. The van der Waals surface area contributed by atoms with Gasteiger partial charge in [-0.2, -0.15) is 8.78 Å². The normalized spacial score (nSPS) is 16.4. The van der Waals surface area contributed by atoms with Crippen LogP contribution in [-0.2, 0) is 67.7 Å². The standard InChI is InChI=1S/C30H29ClN6O4S.C29H27ClN6O3S.C28H23ClF2N6O3S/c1-16-17(2)42-30-26(16)27(19-5-7-21(31)8-6-19)33-24(28-35-34-18(3)37(28)30)14-25(38)32-22-9-10-23-20(13-22)15-40-29(23)36-41-12-11-39-4;1-5-39-35-28-22-11-10-21(12-19(22)14-38-28)31-24(37)13-23-27-34-33-17(4)36(27)29-25(15(2)16(3)40-29)26(32-23)18-6-8-20(30)9-7-18;1-13-14(2)41-27-23(13)24(16-4-6-18(29)7-5-16)33-21(25-35-34-15(3)37(25)27)11-22(38)32-19-8-9-20-17(10-19)12-39-26(20)36-40-28(30)31/h5-10,13,24H,11-12,14-15H2,1-4H3,(H,32,38);6-12,23H,5,13-14H2,1-4H3,(H,31,37);4-10,21,28H,11-12H2,1-3H3,(H,32,38)/b36-29-;35-28-;36-26-/t24-;23-;21-/m000/s1. The summed E-state index contributed by atoms with van der Waals surface area (Å²) in [7, 11) is 1.60. The van der Waals surface area contributed by atoms with Crippen LogP contribution in [0.2, 0.25) is 15.1 Å². The van der Waals surface area contributed by atoms with Crippen molar-refractivity contribution >= 4 is 138 Å². The first-order valence-electron chi connectivity index (χ1n) is 39.0. The number of amides is 3. The summed E-state index contributed by atoms with van der Waals surface area (Å²) in [5.74, 6) is 4.20. The number of ether oxygens (including phenoxy) is 4. The molecule has 6 aromatic heterocycles. The van der Waals surface area contributed by atoms with Crippen LogP contribution in [0.5, 0.6) is 0 Å². The number of aromatic nitrogens is 9. The van der Waals surface area contributed by atoms with Gasteiger partial charge in [-0.15, -0.1) is 64.6 Å². The fourth-order valence-electron chi connectivity index (χ4n) is 14.9. The van der Waals surface area contributed by atoms with Crippen molar-refractivity contribution in [3.8, 4) is 15.0 Å². The molecule has 0 unspecified atom stereocenters. The second-order valence-corrected chi connectivity index (χ2v) is 34.2. The first-order valence-corrected chi connectivity index (χ1v) is 42.6. The minimum atomic E-state index is -3.05. The largest absolute Gasteiger partial charge is 0.470 e. The van der Waals surface area contributed by atoms with Crippen molar-refractivity contribution in [2.45, 2.75) is 133 Å². The predicted octanol–water partition coefficient (Wildman–Crippen LogP) is 18.0. The number of anilines is 3. The van der Waals surface area contributed by atoms with Crippen molar-refractivity contribution in [3.63, 3.8) is 0 Å². The molecule has 28 nitrogen and oxygen atoms in total. The van der Waals surface area contributed by atoms with Gasteiger partial charge < -0.3 is 49.4 Å². The lowest BCUT2D eigenvalue weighted by Crippen LogP contribution is -2.17. The van der Waals surface area contributed by atoms with Crippen LogP contribution < -0.4 is 16.0 Å². The fourth-order valence-corrected chi connectivity index (χ4v) is 18.9. The average Bonchev–Trinajstić information content (AvgIpc) is 1.60. The lowest BCUT2D eigenvalue weighted by Gasteiger charge is -2.13.